The molecule has 9 rings (SSSR count). The normalized spacial score (nSPS) is 11.9. The average Bonchev–Trinajstić information content (AvgIpc) is 3.71. The van der Waals surface area contributed by atoms with Gasteiger partial charge < -0.3 is 0 Å². The van der Waals surface area contributed by atoms with Crippen LogP contribution in [0, 0.1) is 0 Å². The molecule has 51 heavy (non-hydrogen) atoms. The first kappa shape index (κ1) is 30.0. The Hall–Kier alpha value is -7.12. The lowest BCUT2D eigenvalue weighted by Crippen LogP contribution is -2.21. The molecule has 0 spiro atoms. The molecule has 242 valence electrons. The van der Waals surface area contributed by atoms with Gasteiger partial charge >= 0.3 is 0 Å². The fourth-order valence-corrected chi connectivity index (χ4v) is 7.11. The number of nitrogens with zero attached hydrogens (tertiary/aromatic N) is 6. The predicted molar refractivity (Wildman–Crippen MR) is 208 cm³/mol. The van der Waals surface area contributed by atoms with Crippen molar-refractivity contribution in [2.45, 2.75) is 0 Å². The maximum atomic E-state index is 15.3. The van der Waals surface area contributed by atoms with Crippen LogP contribution in [0.25, 0.3) is 78.0 Å². The highest BCUT2D eigenvalue weighted by Gasteiger charge is 2.28. The molecule has 0 aliphatic carbocycles. The first-order valence-corrected chi connectivity index (χ1v) is 16.7. The van der Waals surface area contributed by atoms with E-state index in [0.717, 1.165) is 55.3 Å². The van der Waals surface area contributed by atoms with E-state index in [1.54, 1.807) is 12.2 Å². The van der Waals surface area contributed by atoms with Crippen LogP contribution in [0.15, 0.2) is 176 Å². The summed E-state index contributed by atoms with van der Waals surface area (Å²) in [5.74, 6) is 1.33. The van der Waals surface area contributed by atoms with Gasteiger partial charge in [-0.15, -0.1) is 0 Å². The number of hydrogen-bond donors (Lipinski definition) is 0. The molecule has 0 radical (unpaired) electrons. The van der Waals surface area contributed by atoms with E-state index in [2.05, 4.69) is 42.0 Å². The third kappa shape index (κ3) is 4.67. The summed E-state index contributed by atoms with van der Waals surface area (Å²) in [4.78, 5) is 30.4. The Bertz CT molecular complexity index is 2900. The molecule has 0 fully saturated rings. The van der Waals surface area contributed by atoms with Crippen LogP contribution >= 0.6 is 0 Å². The quantitative estimate of drug-likeness (QED) is 0.160. The molecular weight excluding hydrogens is 629 g/mol. The number of rotatable bonds is 7. The standard InChI is InChI=1S/C44H30N6O/c1-3-18-29(4-2)40-45-41(30-19-8-5-9-20-30)47-44(46-40)50-36-28-17-15-26-34(36)38-39(50)37-33-25-14-16-27-35(33)48(31-21-10-6-11-22-31)42(37)49(43(38)51)32-23-12-7-13-24-32/h3-28H,1-2H2/b29-18+. The Labute approximate surface area is 293 Å². The highest BCUT2D eigenvalue weighted by molar-refractivity contribution is 6.25. The van der Waals surface area contributed by atoms with E-state index in [1.165, 1.54) is 0 Å². The van der Waals surface area contributed by atoms with Crippen molar-refractivity contribution in [2.24, 2.45) is 0 Å². The maximum absolute atomic E-state index is 15.3. The topological polar surface area (TPSA) is 70.5 Å². The molecule has 7 heteroatoms. The zero-order valence-corrected chi connectivity index (χ0v) is 27.5. The Balaban J connectivity index is 1.55. The van der Waals surface area contributed by atoms with Crippen LogP contribution in [0.1, 0.15) is 5.82 Å². The Morgan fingerprint density at radius 2 is 1.12 bits per heavy atom. The van der Waals surface area contributed by atoms with Gasteiger partial charge in [-0.25, -0.2) is 4.98 Å². The maximum Gasteiger partial charge on any atom is 0.266 e. The molecule has 0 saturated carbocycles. The summed E-state index contributed by atoms with van der Waals surface area (Å²) < 4.78 is 6.05. The van der Waals surface area contributed by atoms with Gasteiger partial charge in [-0.1, -0.05) is 135 Å². The molecule has 0 aliphatic rings. The van der Waals surface area contributed by atoms with Crippen molar-refractivity contribution in [3.63, 3.8) is 0 Å². The fourth-order valence-electron chi connectivity index (χ4n) is 7.11. The molecule has 0 N–H and O–H groups in total. The number of pyridine rings is 1. The molecule has 9 aromatic rings. The smallest absolute Gasteiger partial charge is 0.266 e. The van der Waals surface area contributed by atoms with Gasteiger partial charge in [0.05, 0.1) is 33.0 Å². The lowest BCUT2D eigenvalue weighted by molar-refractivity contribution is 0.932. The number of para-hydroxylation sites is 4. The van der Waals surface area contributed by atoms with Crippen LogP contribution in [0.5, 0.6) is 0 Å². The Morgan fingerprint density at radius 3 is 1.75 bits per heavy atom. The van der Waals surface area contributed by atoms with E-state index in [1.807, 2.05) is 130 Å². The van der Waals surface area contributed by atoms with Crippen LogP contribution in [0.4, 0.5) is 0 Å². The van der Waals surface area contributed by atoms with Crippen molar-refractivity contribution in [1.29, 1.82) is 0 Å². The minimum Gasteiger partial charge on any atom is -0.295 e. The van der Waals surface area contributed by atoms with Crippen LogP contribution in [-0.2, 0) is 0 Å². The molecule has 7 nitrogen and oxygen atoms in total. The highest BCUT2D eigenvalue weighted by atomic mass is 16.1. The molecule has 0 bridgehead atoms. The minimum atomic E-state index is -0.144. The van der Waals surface area contributed by atoms with Gasteiger partial charge in [-0.2, -0.15) is 9.97 Å². The van der Waals surface area contributed by atoms with E-state index in [4.69, 9.17) is 15.0 Å². The van der Waals surface area contributed by atoms with E-state index in [-0.39, 0.29) is 5.56 Å². The third-order valence-corrected chi connectivity index (χ3v) is 9.25. The SMILES string of the molecule is C=C/C=C(\C=C)c1nc(-c2ccccc2)nc(-n2c3ccccc3c3c(=O)n(-c4ccccc4)c4c(c5ccccc5n4-c4ccccc4)c32)n1. The summed E-state index contributed by atoms with van der Waals surface area (Å²) in [6.45, 7) is 7.94. The van der Waals surface area contributed by atoms with Crippen molar-refractivity contribution >= 4 is 49.3 Å². The van der Waals surface area contributed by atoms with E-state index < -0.39 is 0 Å². The number of allylic oxidation sites excluding steroid dienone is 4. The summed E-state index contributed by atoms with van der Waals surface area (Å²) in [5, 5.41) is 3.27. The number of aromatic nitrogens is 6. The molecule has 0 aliphatic heterocycles. The molecule has 0 atom stereocenters. The van der Waals surface area contributed by atoms with E-state index in [9.17, 15) is 0 Å². The first-order chi connectivity index (χ1) is 25.2. The monoisotopic (exact) mass is 658 g/mol. The molecule has 0 amide bonds. The summed E-state index contributed by atoms with van der Waals surface area (Å²) in [6.07, 6.45) is 5.24. The molecule has 0 saturated heterocycles. The zero-order valence-electron chi connectivity index (χ0n) is 27.5. The zero-order chi connectivity index (χ0) is 34.5. The van der Waals surface area contributed by atoms with Gasteiger partial charge in [-0.05, 0) is 36.4 Å². The minimum absolute atomic E-state index is 0.144. The third-order valence-electron chi connectivity index (χ3n) is 9.25. The summed E-state index contributed by atoms with van der Waals surface area (Å²) in [7, 11) is 0. The second-order valence-corrected chi connectivity index (χ2v) is 12.1. The highest BCUT2D eigenvalue weighted by Crippen LogP contribution is 2.41. The number of benzene rings is 5. The number of hydrogen-bond acceptors (Lipinski definition) is 4. The second-order valence-electron chi connectivity index (χ2n) is 12.1. The summed E-state index contributed by atoms with van der Waals surface area (Å²) >= 11 is 0. The van der Waals surface area contributed by atoms with E-state index >= 15 is 4.79 Å². The van der Waals surface area contributed by atoms with Gasteiger partial charge in [0.15, 0.2) is 11.6 Å². The largest absolute Gasteiger partial charge is 0.295 e. The van der Waals surface area contributed by atoms with E-state index in [0.29, 0.717) is 28.6 Å². The van der Waals surface area contributed by atoms with Crippen LogP contribution in [0.3, 0.4) is 0 Å². The van der Waals surface area contributed by atoms with Gasteiger partial charge in [0.2, 0.25) is 5.95 Å². The number of fused-ring (bicyclic) bond motifs is 7. The Morgan fingerprint density at radius 1 is 0.569 bits per heavy atom. The second kappa shape index (κ2) is 12.1. The summed E-state index contributed by atoms with van der Waals surface area (Å²) in [5.41, 5.74) is 6.33. The lowest BCUT2D eigenvalue weighted by Gasteiger charge is -2.15. The fraction of sp³-hybridized carbons (Fsp3) is 0. The van der Waals surface area contributed by atoms with Gasteiger partial charge in [0.1, 0.15) is 5.65 Å². The van der Waals surface area contributed by atoms with Crippen molar-refractivity contribution < 1.29 is 0 Å². The van der Waals surface area contributed by atoms with Crippen molar-refractivity contribution in [2.75, 3.05) is 0 Å². The predicted octanol–water partition coefficient (Wildman–Crippen LogP) is 9.64. The Kier molecular flexibility index (Phi) is 7.10. The van der Waals surface area contributed by atoms with Crippen LogP contribution in [-0.4, -0.2) is 28.7 Å². The van der Waals surface area contributed by atoms with Crippen molar-refractivity contribution in [1.82, 2.24) is 28.7 Å². The molecule has 5 aromatic carbocycles. The molecule has 0 unspecified atom stereocenters. The average molecular weight is 659 g/mol. The molecule has 4 aromatic heterocycles. The molecule has 4 heterocycles. The van der Waals surface area contributed by atoms with Gasteiger partial charge in [-0.3, -0.25) is 18.5 Å². The van der Waals surface area contributed by atoms with Crippen LogP contribution in [0.2, 0.25) is 0 Å². The van der Waals surface area contributed by atoms with Gasteiger partial charge in [0.25, 0.3) is 5.56 Å². The first-order valence-electron chi connectivity index (χ1n) is 16.7. The van der Waals surface area contributed by atoms with Gasteiger partial charge in [0, 0.05) is 27.6 Å². The molecular formula is C44H30N6O. The van der Waals surface area contributed by atoms with Crippen molar-refractivity contribution in [3.05, 3.63) is 187 Å². The van der Waals surface area contributed by atoms with Crippen molar-refractivity contribution in [3.8, 4) is 28.7 Å². The summed E-state index contributed by atoms with van der Waals surface area (Å²) in [6, 6.07) is 46.1. The van der Waals surface area contributed by atoms with Crippen LogP contribution < -0.4 is 5.56 Å². The lowest BCUT2D eigenvalue weighted by atomic mass is 10.1.